The van der Waals surface area contributed by atoms with Crippen molar-refractivity contribution in [3.8, 4) is 0 Å². The van der Waals surface area contributed by atoms with Crippen LogP contribution in [-0.4, -0.2) is 68.3 Å². The molecule has 3 aromatic rings. The van der Waals surface area contributed by atoms with Gasteiger partial charge in [-0.1, -0.05) is 11.8 Å². The Hall–Kier alpha value is -3.87. The van der Waals surface area contributed by atoms with Crippen molar-refractivity contribution in [1.29, 1.82) is 0 Å². The molecular formula is C23H24FN7O4S. The highest BCUT2D eigenvalue weighted by Gasteiger charge is 2.29. The number of carbonyl (C=O) groups excluding carboxylic acids is 1. The highest BCUT2D eigenvalue weighted by atomic mass is 32.2. The second kappa shape index (κ2) is 9.30. The van der Waals surface area contributed by atoms with Crippen LogP contribution in [0.15, 0.2) is 34.3 Å². The number of nitrogens with two attached hydrogens (primary N) is 2. The zero-order chi connectivity index (χ0) is 25.6. The fourth-order valence-electron chi connectivity index (χ4n) is 4.35. The predicted molar refractivity (Wildman–Crippen MR) is 134 cm³/mol. The summed E-state index contributed by atoms with van der Waals surface area (Å²) in [5, 5.41) is 9.79. The Morgan fingerprint density at radius 3 is 2.36 bits per heavy atom. The molecule has 11 nitrogen and oxygen atoms in total. The Kier molecular flexibility index (Phi) is 6.16. The number of hydrogen-bond donors (Lipinski definition) is 3. The summed E-state index contributed by atoms with van der Waals surface area (Å²) in [5.41, 5.74) is 11.1. The minimum absolute atomic E-state index is 0.0540. The number of carboxylic acids is 1. The molecule has 0 bridgehead atoms. The summed E-state index contributed by atoms with van der Waals surface area (Å²) in [6, 6.07) is 4.27. The van der Waals surface area contributed by atoms with E-state index in [0.717, 1.165) is 30.7 Å². The number of rotatable bonds is 6. The van der Waals surface area contributed by atoms with Gasteiger partial charge in [-0.3, -0.25) is 9.59 Å². The minimum atomic E-state index is -1.33. The summed E-state index contributed by atoms with van der Waals surface area (Å²) in [6.07, 6.45) is 3.10. The normalized spacial score (nSPS) is 15.9. The van der Waals surface area contributed by atoms with Crippen molar-refractivity contribution >= 4 is 51.9 Å². The molecule has 188 valence electrons. The number of fused-ring (bicyclic) bond motifs is 1. The molecule has 5 rings (SSSR count). The van der Waals surface area contributed by atoms with Crippen LogP contribution in [0.4, 0.5) is 21.7 Å². The van der Waals surface area contributed by atoms with Crippen LogP contribution in [0.2, 0.25) is 0 Å². The van der Waals surface area contributed by atoms with Gasteiger partial charge in [0.2, 0.25) is 11.3 Å². The first kappa shape index (κ1) is 23.9. The number of pyridine rings is 1. The Bertz CT molecular complexity index is 1410. The number of nitrogens with zero attached hydrogens (tertiary/aromatic N) is 5. The smallest absolute Gasteiger partial charge is 0.341 e. The molecule has 5 N–H and O–H groups in total. The van der Waals surface area contributed by atoms with E-state index < -0.39 is 17.2 Å². The average molecular weight is 514 g/mol. The van der Waals surface area contributed by atoms with Crippen LogP contribution in [0.25, 0.3) is 10.9 Å². The first-order chi connectivity index (χ1) is 17.2. The van der Waals surface area contributed by atoms with Crippen molar-refractivity contribution in [1.82, 2.24) is 19.4 Å². The van der Waals surface area contributed by atoms with Crippen LogP contribution in [0.1, 0.15) is 29.2 Å². The van der Waals surface area contributed by atoms with Gasteiger partial charge in [-0.05, 0) is 25.0 Å². The third-order valence-electron chi connectivity index (χ3n) is 6.31. The molecule has 1 amide bonds. The molecule has 0 spiro atoms. The Balaban J connectivity index is 1.31. The van der Waals surface area contributed by atoms with E-state index in [1.165, 1.54) is 12.3 Å². The number of anilines is 3. The molecule has 36 heavy (non-hydrogen) atoms. The average Bonchev–Trinajstić information content (AvgIpc) is 3.67. The van der Waals surface area contributed by atoms with Gasteiger partial charge < -0.3 is 30.9 Å². The zero-order valence-electron chi connectivity index (χ0n) is 19.2. The van der Waals surface area contributed by atoms with E-state index in [-0.39, 0.29) is 40.3 Å². The molecule has 1 saturated carbocycles. The highest BCUT2D eigenvalue weighted by Crippen LogP contribution is 2.38. The number of aromatic carboxylic acids is 1. The molecule has 0 radical (unpaired) electrons. The lowest BCUT2D eigenvalue weighted by Crippen LogP contribution is -2.49. The van der Waals surface area contributed by atoms with Crippen LogP contribution >= 0.6 is 11.8 Å². The van der Waals surface area contributed by atoms with E-state index in [2.05, 4.69) is 9.97 Å². The van der Waals surface area contributed by atoms with E-state index >= 15 is 4.39 Å². The van der Waals surface area contributed by atoms with Crippen LogP contribution in [0.5, 0.6) is 0 Å². The van der Waals surface area contributed by atoms with Crippen molar-refractivity contribution in [2.24, 2.45) is 0 Å². The summed E-state index contributed by atoms with van der Waals surface area (Å²) in [6.45, 7) is 1.59. The molecule has 2 fully saturated rings. The number of nitrogen functional groups attached to an aromatic ring is 2. The van der Waals surface area contributed by atoms with E-state index in [4.69, 9.17) is 11.5 Å². The van der Waals surface area contributed by atoms with Gasteiger partial charge in [0.25, 0.3) is 0 Å². The minimum Gasteiger partial charge on any atom is -0.477 e. The summed E-state index contributed by atoms with van der Waals surface area (Å²) in [7, 11) is 0. The summed E-state index contributed by atoms with van der Waals surface area (Å²) in [5.74, 6) is -1.45. The molecule has 3 heterocycles. The fraction of sp³-hybridized carbons (Fsp3) is 0.348. The van der Waals surface area contributed by atoms with E-state index in [1.54, 1.807) is 15.5 Å². The number of halogens is 1. The van der Waals surface area contributed by atoms with Crippen molar-refractivity contribution in [2.75, 3.05) is 48.3 Å². The monoisotopic (exact) mass is 513 g/mol. The van der Waals surface area contributed by atoms with Crippen LogP contribution in [0.3, 0.4) is 0 Å². The number of aromatic nitrogens is 3. The lowest BCUT2D eigenvalue weighted by atomic mass is 10.1. The number of thioether (sulfide) groups is 1. The molecule has 13 heteroatoms. The van der Waals surface area contributed by atoms with E-state index in [0.29, 0.717) is 42.5 Å². The maximum absolute atomic E-state index is 15.1. The molecule has 2 aromatic heterocycles. The van der Waals surface area contributed by atoms with Gasteiger partial charge in [0.05, 0.1) is 17.0 Å². The fourth-order valence-corrected chi connectivity index (χ4v) is 5.12. The Morgan fingerprint density at radius 1 is 1.08 bits per heavy atom. The van der Waals surface area contributed by atoms with Crippen molar-refractivity contribution in [3.05, 3.63) is 46.0 Å². The topological polar surface area (TPSA) is 161 Å². The van der Waals surface area contributed by atoms with Gasteiger partial charge >= 0.3 is 5.97 Å². The maximum atomic E-state index is 15.1. The van der Waals surface area contributed by atoms with Crippen molar-refractivity contribution in [2.45, 2.75) is 24.0 Å². The second-order valence-electron chi connectivity index (χ2n) is 8.79. The van der Waals surface area contributed by atoms with Gasteiger partial charge in [0, 0.05) is 49.9 Å². The molecular weight excluding hydrogens is 489 g/mol. The third-order valence-corrected chi connectivity index (χ3v) is 7.15. The lowest BCUT2D eigenvalue weighted by molar-refractivity contribution is -0.128. The summed E-state index contributed by atoms with van der Waals surface area (Å²) < 4.78 is 16.9. The van der Waals surface area contributed by atoms with Gasteiger partial charge in [0.15, 0.2) is 5.16 Å². The van der Waals surface area contributed by atoms with Gasteiger partial charge in [-0.2, -0.15) is 0 Å². The number of carbonyl (C=O) groups is 2. The maximum Gasteiger partial charge on any atom is 0.341 e. The highest BCUT2D eigenvalue weighted by molar-refractivity contribution is 7.99. The van der Waals surface area contributed by atoms with E-state index in [9.17, 15) is 19.5 Å². The molecule has 0 atom stereocenters. The van der Waals surface area contributed by atoms with Crippen molar-refractivity contribution < 1.29 is 19.1 Å². The Morgan fingerprint density at radius 2 is 1.75 bits per heavy atom. The third kappa shape index (κ3) is 4.65. The number of carboxylic acid groups (broad SMARTS) is 1. The molecule has 0 unspecified atom stereocenters. The van der Waals surface area contributed by atoms with Crippen molar-refractivity contribution in [3.63, 3.8) is 0 Å². The second-order valence-corrected chi connectivity index (χ2v) is 9.74. The molecule has 1 aliphatic heterocycles. The Labute approximate surface area is 208 Å². The largest absolute Gasteiger partial charge is 0.477 e. The SMILES string of the molecule is Nc1cc(N)nc(SCC(=O)N2CCN(c3cc4c(cc3F)c(=O)c(C(=O)O)cn4C3CC3)CC2)n1. The van der Waals surface area contributed by atoms with Gasteiger partial charge in [-0.15, -0.1) is 0 Å². The van der Waals surface area contributed by atoms with Crippen LogP contribution in [-0.2, 0) is 4.79 Å². The van der Waals surface area contributed by atoms with E-state index in [1.807, 2.05) is 4.90 Å². The summed E-state index contributed by atoms with van der Waals surface area (Å²) in [4.78, 5) is 48.5. The number of benzene rings is 1. The molecule has 1 aromatic carbocycles. The molecule has 1 saturated heterocycles. The van der Waals surface area contributed by atoms with Gasteiger partial charge in [-0.25, -0.2) is 19.2 Å². The predicted octanol–water partition coefficient (Wildman–Crippen LogP) is 1.57. The summed E-state index contributed by atoms with van der Waals surface area (Å²) >= 11 is 1.15. The number of hydrogen-bond acceptors (Lipinski definition) is 9. The van der Waals surface area contributed by atoms with Crippen LogP contribution in [0, 0.1) is 5.82 Å². The quantitative estimate of drug-likeness (QED) is 0.326. The lowest BCUT2D eigenvalue weighted by Gasteiger charge is -2.36. The zero-order valence-corrected chi connectivity index (χ0v) is 20.0. The number of piperazine rings is 1. The first-order valence-electron chi connectivity index (χ1n) is 11.4. The molecule has 2 aliphatic rings. The molecule has 1 aliphatic carbocycles. The number of amides is 1. The van der Waals surface area contributed by atoms with Crippen LogP contribution < -0.4 is 21.8 Å². The standard InChI is InChI=1S/C23H24FN7O4S/c24-15-7-13-16(31(12-1-2-12)10-14(21(13)33)22(34)35)8-17(15)29-3-5-30(6-4-29)20(32)11-36-23-27-18(25)9-19(26)28-23/h7-10,12H,1-6,11H2,(H,34,35)(H4,25,26,27,28). The van der Waals surface area contributed by atoms with Gasteiger partial charge in [0.1, 0.15) is 23.0 Å². The first-order valence-corrected chi connectivity index (χ1v) is 12.4.